The second-order valence-electron chi connectivity index (χ2n) is 16.0. The zero-order valence-corrected chi connectivity index (χ0v) is 37.2. The van der Waals surface area contributed by atoms with Crippen LogP contribution in [0.15, 0.2) is 24.3 Å². The Morgan fingerprint density at radius 1 is 0.471 bits per heavy atom. The number of fused-ring (bicyclic) bond motifs is 2. The van der Waals surface area contributed by atoms with Gasteiger partial charge in [-0.3, -0.25) is 59.4 Å². The van der Waals surface area contributed by atoms with Crippen LogP contribution in [0.5, 0.6) is 11.5 Å². The summed E-state index contributed by atoms with van der Waals surface area (Å²) < 4.78 is 33.7. The first-order chi connectivity index (χ1) is 32.4. The molecule has 68 heavy (non-hydrogen) atoms. The summed E-state index contributed by atoms with van der Waals surface area (Å²) in [7, 11) is 2.46. The number of amides is 8. The van der Waals surface area contributed by atoms with Gasteiger partial charge in [-0.25, -0.2) is 38.4 Å². The molecule has 0 radical (unpaired) electrons. The molecule has 0 unspecified atom stereocenters. The molecule has 28 nitrogen and oxygen atoms in total. The molecular formula is C40H42N10O18. The largest absolute Gasteiger partial charge is 0.496 e. The molecule has 0 spiro atoms. The Bertz CT molecular complexity index is 2520. The summed E-state index contributed by atoms with van der Waals surface area (Å²) in [5, 5.41) is 25.3. The van der Waals surface area contributed by atoms with Crippen LogP contribution in [0.4, 0.5) is 30.6 Å². The molecule has 8 amide bonds. The van der Waals surface area contributed by atoms with E-state index in [-0.39, 0.29) is 33.8 Å². The van der Waals surface area contributed by atoms with E-state index in [9.17, 15) is 20.2 Å². The van der Waals surface area contributed by atoms with Gasteiger partial charge in [0.05, 0.1) is 87.8 Å². The van der Waals surface area contributed by atoms with Gasteiger partial charge >= 0.3 is 48.0 Å². The topological polar surface area (TPSA) is 304 Å². The molecule has 0 bridgehead atoms. The Morgan fingerprint density at radius 3 is 0.956 bits per heavy atom. The Labute approximate surface area is 383 Å². The first-order valence-electron chi connectivity index (χ1n) is 21.2. The number of carbonyl (C=O) groups is 8. The van der Waals surface area contributed by atoms with E-state index >= 15 is 38.4 Å². The van der Waals surface area contributed by atoms with E-state index < -0.39 is 158 Å². The number of hydrogen-bond acceptors (Lipinski definition) is 18. The SMILES string of the molecule is CCOC(=O)[C@@]12N3CN4C(=O)N5Cc6c([N+](=O)[O-])ccc(OC)c6CN6C(=O)N(CN1C(=O)N1Cc7c([N+](=O)[O-])ccc(OC)c7CN(C3=O)[C@@]12C(=O)OCC)[C@@]4(C(=O)OCC)[C@@]65C(=O)OCC. The van der Waals surface area contributed by atoms with E-state index in [2.05, 4.69) is 0 Å². The first-order valence-corrected chi connectivity index (χ1v) is 21.2. The highest BCUT2D eigenvalue weighted by atomic mass is 16.6. The fourth-order valence-electron chi connectivity index (χ4n) is 11.2. The molecule has 7 aliphatic heterocycles. The lowest BCUT2D eigenvalue weighted by Crippen LogP contribution is -2.81. The average molecular weight is 951 g/mol. The number of rotatable bonds is 12. The molecule has 360 valence electrons. The van der Waals surface area contributed by atoms with Crippen molar-refractivity contribution >= 4 is 59.4 Å². The Hall–Kier alpha value is -8.20. The molecule has 0 aliphatic carbocycles. The van der Waals surface area contributed by atoms with Gasteiger partial charge in [0.1, 0.15) is 24.8 Å². The van der Waals surface area contributed by atoms with Gasteiger partial charge in [0.25, 0.3) is 34.0 Å². The van der Waals surface area contributed by atoms with Crippen molar-refractivity contribution in [2.24, 2.45) is 0 Å². The monoisotopic (exact) mass is 950 g/mol. The normalized spacial score (nSPS) is 26.0. The van der Waals surface area contributed by atoms with Gasteiger partial charge in [-0.2, -0.15) is 0 Å². The number of nitrogens with zero attached hydrogens (tertiary/aromatic N) is 10. The van der Waals surface area contributed by atoms with Crippen LogP contribution in [-0.4, -0.2) is 174 Å². The molecule has 0 aromatic heterocycles. The Kier molecular flexibility index (Phi) is 10.0. The third-order valence-electron chi connectivity index (χ3n) is 13.6. The molecule has 0 N–H and O–H groups in total. The van der Waals surface area contributed by atoms with Crippen molar-refractivity contribution in [3.63, 3.8) is 0 Å². The highest BCUT2D eigenvalue weighted by Gasteiger charge is 2.93. The van der Waals surface area contributed by atoms with Crippen molar-refractivity contribution in [2.45, 2.75) is 76.5 Å². The van der Waals surface area contributed by atoms with E-state index in [1.54, 1.807) is 0 Å². The van der Waals surface area contributed by atoms with Crippen molar-refractivity contribution in [3.8, 4) is 11.5 Å². The van der Waals surface area contributed by atoms with E-state index in [0.717, 1.165) is 21.9 Å². The smallest absolute Gasteiger partial charge is 0.359 e. The maximum absolute atomic E-state index is 15.8. The third-order valence-corrected chi connectivity index (χ3v) is 13.6. The molecule has 9 rings (SSSR count). The number of benzene rings is 2. The molecule has 4 atom stereocenters. The minimum atomic E-state index is -3.15. The van der Waals surface area contributed by atoms with E-state index in [0.29, 0.717) is 29.4 Å². The molecule has 5 fully saturated rings. The Balaban J connectivity index is 1.40. The highest BCUT2D eigenvalue weighted by Crippen LogP contribution is 2.62. The fourth-order valence-corrected chi connectivity index (χ4v) is 11.2. The average Bonchev–Trinajstić information content (AvgIpc) is 3.67. The lowest BCUT2D eigenvalue weighted by molar-refractivity contribution is -0.385. The highest BCUT2D eigenvalue weighted by molar-refractivity contribution is 6.13. The zero-order chi connectivity index (χ0) is 49.2. The number of urea groups is 4. The molecule has 7 heterocycles. The van der Waals surface area contributed by atoms with Crippen molar-refractivity contribution < 1.29 is 76.6 Å². The van der Waals surface area contributed by atoms with Crippen molar-refractivity contribution in [3.05, 3.63) is 66.7 Å². The minimum absolute atomic E-state index is 0.0370. The van der Waals surface area contributed by atoms with Gasteiger partial charge in [0.2, 0.25) is 0 Å². The van der Waals surface area contributed by atoms with Gasteiger partial charge in [-0.05, 0) is 39.8 Å². The fraction of sp³-hybridized carbons (Fsp3) is 0.500. The van der Waals surface area contributed by atoms with E-state index in [1.807, 2.05) is 0 Å². The summed E-state index contributed by atoms with van der Waals surface area (Å²) in [6.07, 6.45) is 0. The molecule has 2 aromatic carbocycles. The van der Waals surface area contributed by atoms with Crippen LogP contribution in [0, 0.1) is 20.2 Å². The summed E-state index contributed by atoms with van der Waals surface area (Å²) in [6, 6.07) is -0.733. The number of carbonyl (C=O) groups excluding carboxylic acids is 8. The van der Waals surface area contributed by atoms with Gasteiger partial charge in [0, 0.05) is 23.3 Å². The maximum atomic E-state index is 15.8. The lowest BCUT2D eigenvalue weighted by atomic mass is 9.88. The van der Waals surface area contributed by atoms with Crippen LogP contribution in [0.1, 0.15) is 49.9 Å². The molecule has 28 heteroatoms. The lowest BCUT2D eigenvalue weighted by Gasteiger charge is -2.51. The number of nitro groups is 2. The van der Waals surface area contributed by atoms with Gasteiger partial charge in [-0.1, -0.05) is 0 Å². The quantitative estimate of drug-likeness (QED) is 0.125. The number of nitro benzene ring substituents is 2. The van der Waals surface area contributed by atoms with Crippen LogP contribution < -0.4 is 9.47 Å². The van der Waals surface area contributed by atoms with E-state index in [1.165, 1.54) is 54.0 Å². The molecular weight excluding hydrogens is 908 g/mol. The molecule has 7 aliphatic rings. The summed E-state index contributed by atoms with van der Waals surface area (Å²) >= 11 is 0. The second-order valence-corrected chi connectivity index (χ2v) is 16.0. The van der Waals surface area contributed by atoms with Crippen molar-refractivity contribution in [1.82, 2.24) is 39.2 Å². The van der Waals surface area contributed by atoms with Crippen molar-refractivity contribution in [1.29, 1.82) is 0 Å². The number of esters is 4. The minimum Gasteiger partial charge on any atom is -0.496 e. The number of methoxy groups -OCH3 is 2. The second kappa shape index (κ2) is 15.2. The van der Waals surface area contributed by atoms with Crippen LogP contribution in [0.3, 0.4) is 0 Å². The predicted molar refractivity (Wildman–Crippen MR) is 218 cm³/mol. The number of ether oxygens (including phenoxy) is 6. The standard InChI is InChI=1S/C40H42N10O18/c1-7-65-29(51)37-39(31(53)67-9-3)45-19-48-36(58)44-18-24-22(26(50(61)62)12-14-28(24)64-6)16-42-34(56)46(40(48,32(54)68-10-4)38(42,44)30(52)66-8-2)20-47(39)35(57)43(37)17-23-21(15-41(37)33(45)55)25(49(59)60)11-13-27(23)63-5/h11-14H,7-10,15-20H2,1-6H3/t37-,38-,39+,40+/m1/s1. The van der Waals surface area contributed by atoms with Crippen LogP contribution in [0.25, 0.3) is 0 Å². The van der Waals surface area contributed by atoms with Crippen LogP contribution in [-0.2, 0) is 64.3 Å². The molecule has 5 saturated heterocycles. The van der Waals surface area contributed by atoms with Gasteiger partial charge in [0.15, 0.2) is 0 Å². The van der Waals surface area contributed by atoms with Crippen molar-refractivity contribution in [2.75, 3.05) is 54.0 Å². The third kappa shape index (κ3) is 4.86. The summed E-state index contributed by atoms with van der Waals surface area (Å²) in [6.45, 7) is -2.34. The predicted octanol–water partition coefficient (Wildman–Crippen LogP) is 1.16. The van der Waals surface area contributed by atoms with Gasteiger partial charge in [-0.15, -0.1) is 0 Å². The summed E-state index contributed by atoms with van der Waals surface area (Å²) in [4.78, 5) is 153. The first kappa shape index (κ1) is 45.0. The van der Waals surface area contributed by atoms with E-state index in [4.69, 9.17) is 28.4 Å². The van der Waals surface area contributed by atoms with Crippen LogP contribution in [0.2, 0.25) is 0 Å². The Morgan fingerprint density at radius 2 is 0.721 bits per heavy atom. The molecule has 0 saturated carbocycles. The summed E-state index contributed by atoms with van der Waals surface area (Å²) in [5.41, 5.74) is -14.1. The van der Waals surface area contributed by atoms with Crippen LogP contribution >= 0.6 is 0 Å². The molecule has 2 aromatic rings. The number of hydrogen-bond donors (Lipinski definition) is 0. The zero-order valence-electron chi connectivity index (χ0n) is 37.2. The summed E-state index contributed by atoms with van der Waals surface area (Å²) in [5.74, 6) is -5.91. The maximum Gasteiger partial charge on any atom is 0.359 e. The van der Waals surface area contributed by atoms with Gasteiger partial charge < -0.3 is 28.4 Å².